The summed E-state index contributed by atoms with van der Waals surface area (Å²) in [6.07, 6.45) is 0. The first-order chi connectivity index (χ1) is 13.0. The molecule has 1 saturated heterocycles. The maximum atomic E-state index is 6.14. The van der Waals surface area contributed by atoms with Crippen LogP contribution in [0.5, 0.6) is 0 Å². The maximum absolute atomic E-state index is 6.14. The van der Waals surface area contributed by atoms with Crippen molar-refractivity contribution in [2.75, 3.05) is 0 Å². The Kier molecular flexibility index (Phi) is 14.5. The van der Waals surface area contributed by atoms with E-state index in [1.165, 1.54) is 0 Å². The molecule has 0 aromatic heterocycles. The van der Waals surface area contributed by atoms with Gasteiger partial charge in [0.25, 0.3) is 9.28 Å². The van der Waals surface area contributed by atoms with Gasteiger partial charge in [0, 0.05) is 0 Å². The maximum Gasteiger partial charge on any atom is 0.313 e. The minimum absolute atomic E-state index is 0. The lowest BCUT2D eigenvalue weighted by atomic mass is 11.8. The molecule has 31 heavy (non-hydrogen) atoms. The van der Waals surface area contributed by atoms with Crippen molar-refractivity contribution in [2.24, 2.45) is 0 Å². The summed E-state index contributed by atoms with van der Waals surface area (Å²) < 4.78 is 41.9. The van der Waals surface area contributed by atoms with E-state index in [1.807, 2.05) is 13.1 Å². The molecule has 0 amide bonds. The second kappa shape index (κ2) is 13.0. The van der Waals surface area contributed by atoms with E-state index in [9.17, 15) is 0 Å². The predicted octanol–water partition coefficient (Wildman–Crippen LogP) is 5.06. The normalized spacial score (nSPS) is 25.3. The lowest BCUT2D eigenvalue weighted by Crippen LogP contribution is -2.55. The highest BCUT2D eigenvalue weighted by molar-refractivity contribution is 6.85. The van der Waals surface area contributed by atoms with Crippen molar-refractivity contribution in [3.05, 3.63) is 0 Å². The molecule has 1 fully saturated rings. The van der Waals surface area contributed by atoms with Crippen LogP contribution >= 0.6 is 0 Å². The Morgan fingerprint density at radius 2 is 0.968 bits per heavy atom. The van der Waals surface area contributed by atoms with Crippen LogP contribution in [-0.2, 0) is 28.8 Å². The first-order valence-corrected chi connectivity index (χ1v) is 32.3. The van der Waals surface area contributed by atoms with E-state index in [1.54, 1.807) is 0 Å². The second-order valence-electron chi connectivity index (χ2n) is 10.9. The summed E-state index contributed by atoms with van der Waals surface area (Å²) in [5.41, 5.74) is 0. The molecule has 15 heteroatoms. The molecule has 0 N–H and O–H groups in total. The van der Waals surface area contributed by atoms with Gasteiger partial charge in [0.05, 0.1) is 0 Å². The highest BCUT2D eigenvalue weighted by Gasteiger charge is 2.40. The van der Waals surface area contributed by atoms with Gasteiger partial charge in [0.15, 0.2) is 16.6 Å². The minimum Gasteiger partial charge on any atom is -0.439 e. The van der Waals surface area contributed by atoms with Crippen molar-refractivity contribution in [3.63, 3.8) is 0 Å². The fraction of sp³-hybridized carbons (Fsp3) is 1.00. The number of rotatable bonds is 6. The van der Waals surface area contributed by atoms with Crippen molar-refractivity contribution in [1.82, 2.24) is 0 Å². The molecule has 1 unspecified atom stereocenters. The van der Waals surface area contributed by atoms with Crippen LogP contribution in [0.15, 0.2) is 0 Å². The fourth-order valence-corrected chi connectivity index (χ4v) is 33.2. The first-order valence-electron chi connectivity index (χ1n) is 10.8. The Labute approximate surface area is 204 Å². The van der Waals surface area contributed by atoms with Crippen molar-refractivity contribution in [1.29, 1.82) is 0 Å². The summed E-state index contributed by atoms with van der Waals surface area (Å²) in [5.74, 6) is 0. The molecule has 0 saturated carbocycles. The van der Waals surface area contributed by atoms with Crippen LogP contribution in [0.4, 0.5) is 0 Å². The molecular formula is C16H52O7Si8. The van der Waals surface area contributed by atoms with E-state index in [0.29, 0.717) is 0 Å². The van der Waals surface area contributed by atoms with Crippen LogP contribution in [-0.4, -0.2) is 70.2 Å². The van der Waals surface area contributed by atoms with Crippen LogP contribution in [0.25, 0.3) is 0 Å². The lowest BCUT2D eigenvalue weighted by molar-refractivity contribution is 0.266. The molecule has 0 aliphatic carbocycles. The molecule has 0 aromatic carbocycles. The van der Waals surface area contributed by atoms with Crippen LogP contribution < -0.4 is 0 Å². The third-order valence-corrected chi connectivity index (χ3v) is 29.9. The molecule has 1 atom stereocenters. The smallest absolute Gasteiger partial charge is 0.313 e. The number of hydrogen-bond donors (Lipinski definition) is 0. The van der Waals surface area contributed by atoms with Gasteiger partial charge < -0.3 is 28.8 Å². The van der Waals surface area contributed by atoms with Gasteiger partial charge in [-0.3, -0.25) is 0 Å². The van der Waals surface area contributed by atoms with Crippen LogP contribution in [0.1, 0.15) is 7.43 Å². The highest BCUT2D eigenvalue weighted by Crippen LogP contribution is 2.20. The van der Waals surface area contributed by atoms with Gasteiger partial charge in [-0.2, -0.15) is 0 Å². The fourth-order valence-electron chi connectivity index (χ4n) is 3.39. The van der Waals surface area contributed by atoms with Crippen LogP contribution in [0.3, 0.4) is 0 Å². The summed E-state index contributed by atoms with van der Waals surface area (Å²) in [5, 5.41) is 0. The summed E-state index contributed by atoms with van der Waals surface area (Å²) >= 11 is 0. The van der Waals surface area contributed by atoms with Gasteiger partial charge in [0.1, 0.15) is 0 Å². The summed E-state index contributed by atoms with van der Waals surface area (Å²) in [6.45, 7) is 31.9. The van der Waals surface area contributed by atoms with E-state index < -0.39 is 70.2 Å². The molecule has 1 rings (SSSR count). The van der Waals surface area contributed by atoms with E-state index >= 15 is 0 Å². The van der Waals surface area contributed by atoms with Gasteiger partial charge in [-0.25, -0.2) is 0 Å². The van der Waals surface area contributed by atoms with E-state index in [2.05, 4.69) is 85.1 Å². The molecule has 0 bridgehead atoms. The SMILES string of the molecule is C.C[SiH](O[Si](C)(C)C)O[Si](C)(C)O[Si](C)(C)C.C[SiH]1O[Si](C)(C)O[SiH](C)O[Si](C)(C)O1. The van der Waals surface area contributed by atoms with Gasteiger partial charge >= 0.3 is 44.3 Å². The molecule has 1 heterocycles. The molecule has 0 radical (unpaired) electrons. The Hall–Kier alpha value is 1.46. The largest absolute Gasteiger partial charge is 0.439 e. The van der Waals surface area contributed by atoms with Gasteiger partial charge in [-0.05, 0) is 98.2 Å². The second-order valence-corrected chi connectivity index (χ2v) is 37.7. The van der Waals surface area contributed by atoms with Crippen LogP contribution in [0, 0.1) is 0 Å². The van der Waals surface area contributed by atoms with Crippen molar-refractivity contribution in [2.45, 2.75) is 106 Å². The van der Waals surface area contributed by atoms with E-state index in [0.717, 1.165) is 0 Å². The topological polar surface area (TPSA) is 64.6 Å². The molecular weight excluding hydrogens is 529 g/mol. The molecule has 7 nitrogen and oxygen atoms in total. The van der Waals surface area contributed by atoms with Gasteiger partial charge in [-0.1, -0.05) is 7.43 Å². The zero-order valence-electron chi connectivity index (χ0n) is 22.1. The van der Waals surface area contributed by atoms with Crippen LogP contribution in [0.2, 0.25) is 98.2 Å². The average Bonchev–Trinajstić information content (AvgIpc) is 2.26. The Morgan fingerprint density at radius 1 is 0.645 bits per heavy atom. The third kappa shape index (κ3) is 19.5. The Balaban J connectivity index is 0. The quantitative estimate of drug-likeness (QED) is 0.407. The average molecular weight is 581 g/mol. The van der Waals surface area contributed by atoms with E-state index in [4.69, 9.17) is 28.8 Å². The molecule has 190 valence electrons. The molecule has 1 aliphatic heterocycles. The standard InChI is InChI=1S/C9H28O3Si4.C6H20O4Si4.CH4/c1-13(10-14(2,3)4)11-16(8,9)12-15(5,6)7;1-11-7-13(3,4)9-12(2)10-14(5,6)8-11;/h13H,1-9H3;11-12H,1-6H3;1H4. The van der Waals surface area contributed by atoms with Gasteiger partial charge in [0.2, 0.25) is 0 Å². The van der Waals surface area contributed by atoms with Crippen molar-refractivity contribution in [3.8, 4) is 0 Å². The Morgan fingerprint density at radius 3 is 1.23 bits per heavy atom. The molecule has 1 aliphatic rings. The highest BCUT2D eigenvalue weighted by atomic mass is 28.5. The minimum atomic E-state index is -1.98. The zero-order chi connectivity index (χ0) is 24.2. The zero-order valence-corrected chi connectivity index (χ0v) is 30.6. The Bertz CT molecular complexity index is 485. The molecule has 0 spiro atoms. The summed E-state index contributed by atoms with van der Waals surface area (Å²) in [6, 6.07) is 0. The third-order valence-electron chi connectivity index (χ3n) is 3.32. The number of hydrogen-bond acceptors (Lipinski definition) is 7. The summed E-state index contributed by atoms with van der Waals surface area (Å²) in [7, 11) is -13.5. The van der Waals surface area contributed by atoms with E-state index in [-0.39, 0.29) is 7.43 Å². The predicted molar refractivity (Wildman–Crippen MR) is 153 cm³/mol. The molecule has 0 aromatic rings. The first kappa shape index (κ1) is 34.6. The lowest BCUT2D eigenvalue weighted by Gasteiger charge is -2.38. The van der Waals surface area contributed by atoms with Crippen molar-refractivity contribution < 1.29 is 28.8 Å². The van der Waals surface area contributed by atoms with Crippen molar-refractivity contribution >= 4 is 70.2 Å². The summed E-state index contributed by atoms with van der Waals surface area (Å²) in [4.78, 5) is 0. The monoisotopic (exact) mass is 580 g/mol. The van der Waals surface area contributed by atoms with Gasteiger partial charge in [-0.15, -0.1) is 0 Å².